The van der Waals surface area contributed by atoms with E-state index in [4.69, 9.17) is 15.2 Å². The smallest absolute Gasteiger partial charge is 0.227 e. The van der Waals surface area contributed by atoms with Gasteiger partial charge in [0.25, 0.3) is 0 Å². The molecule has 0 aliphatic heterocycles. The minimum atomic E-state index is -0.881. The number of amides is 1. The monoisotopic (exact) mass is 598 g/mol. The number of aromatic nitrogens is 4. The third kappa shape index (κ3) is 4.83. The molecule has 3 aromatic carbocycles. The van der Waals surface area contributed by atoms with E-state index in [2.05, 4.69) is 15.3 Å². The van der Waals surface area contributed by atoms with Gasteiger partial charge in [0, 0.05) is 11.5 Å². The van der Waals surface area contributed by atoms with Crippen LogP contribution in [-0.2, 0) is 4.79 Å². The van der Waals surface area contributed by atoms with Crippen molar-refractivity contribution in [2.24, 2.45) is 5.92 Å². The minimum Gasteiger partial charge on any atom is -0.458 e. The van der Waals surface area contributed by atoms with Crippen LogP contribution in [0.5, 0.6) is 0 Å². The van der Waals surface area contributed by atoms with Crippen LogP contribution in [0.2, 0.25) is 0 Å². The van der Waals surface area contributed by atoms with Gasteiger partial charge in [-0.25, -0.2) is 27.8 Å². The highest BCUT2D eigenvalue weighted by atomic mass is 19.1. The molecule has 0 spiro atoms. The summed E-state index contributed by atoms with van der Waals surface area (Å²) < 4.78 is 51.9. The molecule has 0 fully saturated rings. The third-order valence-corrected chi connectivity index (χ3v) is 7.30. The number of nitrogens with zero attached hydrogens (tertiary/aromatic N) is 4. The van der Waals surface area contributed by atoms with Crippen LogP contribution in [0.15, 0.2) is 76.2 Å². The Labute approximate surface area is 248 Å². The highest BCUT2D eigenvalue weighted by Gasteiger charge is 2.28. The predicted molar refractivity (Wildman–Crippen MR) is 160 cm³/mol. The number of nitrogens with two attached hydrogens (primary N) is 1. The quantitative estimate of drug-likeness (QED) is 0.225. The van der Waals surface area contributed by atoms with Gasteiger partial charge in [-0.2, -0.15) is 5.10 Å². The number of hydrogen-bond donors (Lipinski definition) is 2. The Morgan fingerprint density at radius 1 is 0.932 bits per heavy atom. The number of anilines is 2. The Bertz CT molecular complexity index is 2160. The fourth-order valence-corrected chi connectivity index (χ4v) is 5.05. The van der Waals surface area contributed by atoms with Crippen LogP contribution in [0.25, 0.3) is 44.4 Å². The van der Waals surface area contributed by atoms with Gasteiger partial charge >= 0.3 is 0 Å². The molecule has 0 radical (unpaired) electrons. The number of nitrogens with one attached hydrogen (secondary N) is 1. The SMILES string of the molecule is CC(C)C(=O)Nc1ccc(-c2nn(C(C)c3oc4cccc(F)c4c(=O)c3-c3cccc(F)c3)c3ncnc(N)c23)cc1F. The second-order valence-corrected chi connectivity index (χ2v) is 10.6. The third-order valence-electron chi connectivity index (χ3n) is 7.30. The van der Waals surface area contributed by atoms with E-state index >= 15 is 4.39 Å². The topological polar surface area (TPSA) is 129 Å². The zero-order valence-electron chi connectivity index (χ0n) is 23.7. The Hall–Kier alpha value is -5.52. The van der Waals surface area contributed by atoms with Crippen molar-refractivity contribution in [1.29, 1.82) is 0 Å². The Morgan fingerprint density at radius 3 is 2.43 bits per heavy atom. The van der Waals surface area contributed by atoms with Crippen molar-refractivity contribution in [2.75, 3.05) is 11.1 Å². The first-order valence-corrected chi connectivity index (χ1v) is 13.7. The number of benzene rings is 3. The molecule has 0 bridgehead atoms. The molecule has 9 nitrogen and oxygen atoms in total. The molecule has 0 aliphatic carbocycles. The summed E-state index contributed by atoms with van der Waals surface area (Å²) in [6, 6.07) is 12.7. The van der Waals surface area contributed by atoms with Crippen molar-refractivity contribution in [2.45, 2.75) is 26.8 Å². The molecule has 1 atom stereocenters. The first kappa shape index (κ1) is 28.6. The van der Waals surface area contributed by atoms with Crippen LogP contribution in [0, 0.1) is 23.4 Å². The summed E-state index contributed by atoms with van der Waals surface area (Å²) in [5.74, 6) is -2.65. The summed E-state index contributed by atoms with van der Waals surface area (Å²) in [5, 5.41) is 7.28. The fraction of sp³-hybridized carbons (Fsp3) is 0.156. The van der Waals surface area contributed by atoms with Gasteiger partial charge in [-0.1, -0.05) is 38.1 Å². The summed E-state index contributed by atoms with van der Waals surface area (Å²) in [6.07, 6.45) is 1.23. The van der Waals surface area contributed by atoms with Crippen LogP contribution >= 0.6 is 0 Å². The molecule has 3 aromatic heterocycles. The molecule has 3 N–H and O–H groups in total. The highest BCUT2D eigenvalue weighted by molar-refractivity contribution is 5.99. The molecular weight excluding hydrogens is 573 g/mol. The number of carbonyl (C=O) groups is 1. The zero-order chi connectivity index (χ0) is 31.3. The van der Waals surface area contributed by atoms with Crippen LogP contribution in [0.4, 0.5) is 24.7 Å². The van der Waals surface area contributed by atoms with Gasteiger partial charge in [0.1, 0.15) is 58.1 Å². The summed E-state index contributed by atoms with van der Waals surface area (Å²) in [6.45, 7) is 5.06. The molecule has 0 aliphatic rings. The van der Waals surface area contributed by atoms with E-state index in [1.807, 2.05) is 0 Å². The van der Waals surface area contributed by atoms with Gasteiger partial charge in [-0.3, -0.25) is 9.59 Å². The molecular formula is C32H25F3N6O3. The second-order valence-electron chi connectivity index (χ2n) is 10.6. The summed E-state index contributed by atoms with van der Waals surface area (Å²) in [7, 11) is 0. The Balaban J connectivity index is 1.56. The van der Waals surface area contributed by atoms with Gasteiger partial charge in [0.15, 0.2) is 5.65 Å². The molecule has 3 heterocycles. The summed E-state index contributed by atoms with van der Waals surface area (Å²) >= 11 is 0. The first-order chi connectivity index (χ1) is 21.0. The first-order valence-electron chi connectivity index (χ1n) is 13.7. The van der Waals surface area contributed by atoms with E-state index in [1.165, 1.54) is 53.5 Å². The predicted octanol–water partition coefficient (Wildman–Crippen LogP) is 6.47. The Morgan fingerprint density at radius 2 is 1.70 bits per heavy atom. The lowest BCUT2D eigenvalue weighted by Gasteiger charge is -2.17. The lowest BCUT2D eigenvalue weighted by molar-refractivity contribution is -0.118. The van der Waals surface area contributed by atoms with E-state index in [0.29, 0.717) is 10.9 Å². The van der Waals surface area contributed by atoms with E-state index in [9.17, 15) is 18.4 Å². The number of carbonyl (C=O) groups excluding carboxylic acids is 1. The van der Waals surface area contributed by atoms with E-state index in [0.717, 1.165) is 12.1 Å². The average molecular weight is 599 g/mol. The molecule has 0 saturated heterocycles. The van der Waals surface area contributed by atoms with Crippen molar-refractivity contribution in [1.82, 2.24) is 19.7 Å². The van der Waals surface area contributed by atoms with Crippen molar-refractivity contribution in [3.63, 3.8) is 0 Å². The van der Waals surface area contributed by atoms with Gasteiger partial charge in [-0.05, 0) is 48.9 Å². The van der Waals surface area contributed by atoms with Crippen LogP contribution < -0.4 is 16.5 Å². The molecule has 222 valence electrons. The second kappa shape index (κ2) is 11.0. The molecule has 12 heteroatoms. The van der Waals surface area contributed by atoms with Crippen molar-refractivity contribution in [3.05, 3.63) is 100 Å². The van der Waals surface area contributed by atoms with Crippen molar-refractivity contribution >= 4 is 39.4 Å². The number of halogens is 3. The maximum absolute atomic E-state index is 15.2. The minimum absolute atomic E-state index is 0.00122. The molecule has 0 saturated carbocycles. The molecule has 6 rings (SSSR count). The normalized spacial score (nSPS) is 12.2. The van der Waals surface area contributed by atoms with Gasteiger partial charge in [0.05, 0.1) is 16.6 Å². The Kier molecular flexibility index (Phi) is 7.12. The molecule has 1 amide bonds. The number of fused-ring (bicyclic) bond motifs is 2. The van der Waals surface area contributed by atoms with Gasteiger partial charge in [0.2, 0.25) is 11.3 Å². The highest BCUT2D eigenvalue weighted by Crippen LogP contribution is 2.37. The van der Waals surface area contributed by atoms with E-state index in [-0.39, 0.29) is 62.5 Å². The van der Waals surface area contributed by atoms with Crippen molar-refractivity contribution in [3.8, 4) is 22.4 Å². The molecule has 1 unspecified atom stereocenters. The van der Waals surface area contributed by atoms with Crippen molar-refractivity contribution < 1.29 is 22.4 Å². The average Bonchev–Trinajstić information content (AvgIpc) is 3.38. The largest absolute Gasteiger partial charge is 0.458 e. The lowest BCUT2D eigenvalue weighted by Crippen LogP contribution is -2.18. The maximum Gasteiger partial charge on any atom is 0.227 e. The zero-order valence-corrected chi connectivity index (χ0v) is 23.7. The van der Waals surface area contributed by atoms with Crippen LogP contribution in [-0.4, -0.2) is 25.7 Å². The fourth-order valence-electron chi connectivity index (χ4n) is 5.05. The molecule has 44 heavy (non-hydrogen) atoms. The van der Waals surface area contributed by atoms with Gasteiger partial charge < -0.3 is 15.5 Å². The maximum atomic E-state index is 15.2. The summed E-state index contributed by atoms with van der Waals surface area (Å²) in [4.78, 5) is 34.4. The number of rotatable bonds is 6. The number of hydrogen-bond acceptors (Lipinski definition) is 7. The standard InChI is InChI=1S/C32H25F3N6O3/c1-15(2)32(43)39-22-11-10-18(13-21(22)35)27-26-30(36)37-14-38-31(26)41(40-27)16(3)29-24(17-6-4-7-19(33)12-17)28(42)25-20(34)8-5-9-23(25)44-29/h4-16H,1-3H3,(H,39,43)(H2,36,37,38). The lowest BCUT2D eigenvalue weighted by atomic mass is 9.99. The van der Waals surface area contributed by atoms with Crippen LogP contribution in [0.1, 0.15) is 32.6 Å². The van der Waals surface area contributed by atoms with E-state index < -0.39 is 28.9 Å². The molecule has 6 aromatic rings. The van der Waals surface area contributed by atoms with Gasteiger partial charge in [-0.15, -0.1) is 0 Å². The van der Waals surface area contributed by atoms with E-state index in [1.54, 1.807) is 26.8 Å². The summed E-state index contributed by atoms with van der Waals surface area (Å²) in [5.41, 5.74) is 6.46. The van der Waals surface area contributed by atoms with Crippen LogP contribution in [0.3, 0.4) is 0 Å². The number of nitrogen functional groups attached to an aromatic ring is 1.